The van der Waals surface area contributed by atoms with Gasteiger partial charge in [-0.15, -0.1) is 0 Å². The lowest BCUT2D eigenvalue weighted by Gasteiger charge is -2.18. The zero-order chi connectivity index (χ0) is 13.9. The highest BCUT2D eigenvalue weighted by Crippen LogP contribution is 2.34. The molecule has 1 heterocycles. The van der Waals surface area contributed by atoms with Gasteiger partial charge < -0.3 is 9.88 Å². The maximum absolute atomic E-state index is 4.81. The van der Waals surface area contributed by atoms with E-state index in [0.29, 0.717) is 6.04 Å². The molecule has 1 unspecified atom stereocenters. The average Bonchev–Trinajstić information content (AvgIpc) is 3.22. The van der Waals surface area contributed by atoms with Crippen LogP contribution >= 0.6 is 0 Å². The van der Waals surface area contributed by atoms with Gasteiger partial charge in [-0.25, -0.2) is 4.98 Å². The molecule has 1 atom stereocenters. The first-order valence-corrected chi connectivity index (χ1v) is 7.91. The van der Waals surface area contributed by atoms with Gasteiger partial charge in [0.05, 0.1) is 11.0 Å². The van der Waals surface area contributed by atoms with Crippen molar-refractivity contribution in [1.82, 2.24) is 14.9 Å². The molecule has 1 aliphatic rings. The maximum atomic E-state index is 4.81. The summed E-state index contributed by atoms with van der Waals surface area (Å²) in [5.74, 6) is 2.17. The molecule has 0 aliphatic heterocycles. The number of hydrogen-bond acceptors (Lipinski definition) is 2. The molecule has 1 aromatic heterocycles. The predicted molar refractivity (Wildman–Crippen MR) is 83.8 cm³/mol. The van der Waals surface area contributed by atoms with E-state index < -0.39 is 0 Å². The smallest absolute Gasteiger partial charge is 0.111 e. The molecular weight excluding hydrogens is 246 g/mol. The van der Waals surface area contributed by atoms with E-state index in [0.717, 1.165) is 24.4 Å². The molecule has 0 bridgehead atoms. The highest BCUT2D eigenvalue weighted by molar-refractivity contribution is 5.75. The lowest BCUT2D eigenvalue weighted by Crippen LogP contribution is -2.33. The molecule has 20 heavy (non-hydrogen) atoms. The lowest BCUT2D eigenvalue weighted by atomic mass is 10.1. The number of hydrogen-bond donors (Lipinski definition) is 1. The summed E-state index contributed by atoms with van der Waals surface area (Å²) in [6, 6.07) is 8.99. The second kappa shape index (κ2) is 5.96. The van der Waals surface area contributed by atoms with Crippen LogP contribution in [0.2, 0.25) is 0 Å². The Morgan fingerprint density at radius 1 is 1.35 bits per heavy atom. The molecule has 3 nitrogen and oxygen atoms in total. The monoisotopic (exact) mass is 271 g/mol. The van der Waals surface area contributed by atoms with E-state index >= 15 is 0 Å². The average molecular weight is 271 g/mol. The summed E-state index contributed by atoms with van der Waals surface area (Å²) in [4.78, 5) is 4.81. The Labute approximate surface area is 121 Å². The first-order chi connectivity index (χ1) is 9.78. The van der Waals surface area contributed by atoms with Gasteiger partial charge >= 0.3 is 0 Å². The van der Waals surface area contributed by atoms with Gasteiger partial charge in [-0.05, 0) is 37.4 Å². The van der Waals surface area contributed by atoms with Crippen molar-refractivity contribution in [2.45, 2.75) is 45.1 Å². The van der Waals surface area contributed by atoms with Crippen LogP contribution in [0.25, 0.3) is 11.0 Å². The van der Waals surface area contributed by atoms with Crippen molar-refractivity contribution in [1.29, 1.82) is 0 Å². The largest absolute Gasteiger partial charge is 0.331 e. The van der Waals surface area contributed by atoms with Crippen LogP contribution in [0.15, 0.2) is 24.3 Å². The number of para-hydroxylation sites is 2. The van der Waals surface area contributed by atoms with Gasteiger partial charge in [0.1, 0.15) is 5.82 Å². The molecule has 1 N–H and O–H groups in total. The van der Waals surface area contributed by atoms with Crippen LogP contribution in [0.3, 0.4) is 0 Å². The van der Waals surface area contributed by atoms with E-state index in [9.17, 15) is 0 Å². The Morgan fingerprint density at radius 2 is 2.15 bits per heavy atom. The van der Waals surface area contributed by atoms with E-state index in [2.05, 4.69) is 48.1 Å². The molecule has 3 rings (SSSR count). The fourth-order valence-electron chi connectivity index (χ4n) is 2.94. The Bertz CT molecular complexity index is 569. The van der Waals surface area contributed by atoms with Crippen LogP contribution in [-0.2, 0) is 13.5 Å². The Kier molecular flexibility index (Phi) is 4.06. The first kappa shape index (κ1) is 13.6. The van der Waals surface area contributed by atoms with Crippen LogP contribution in [0.5, 0.6) is 0 Å². The summed E-state index contributed by atoms with van der Waals surface area (Å²) in [7, 11) is 2.14. The number of nitrogens with one attached hydrogen (secondary N) is 1. The number of imidazole rings is 1. The van der Waals surface area contributed by atoms with Gasteiger partial charge in [-0.2, -0.15) is 0 Å². The van der Waals surface area contributed by atoms with Crippen molar-refractivity contribution in [2.24, 2.45) is 13.0 Å². The van der Waals surface area contributed by atoms with E-state index in [1.54, 1.807) is 0 Å². The van der Waals surface area contributed by atoms with Crippen molar-refractivity contribution < 1.29 is 0 Å². The number of aryl methyl sites for hydroxylation is 1. The molecule has 1 saturated carbocycles. The quantitative estimate of drug-likeness (QED) is 0.837. The summed E-state index contributed by atoms with van der Waals surface area (Å²) < 4.78 is 2.25. The Balaban J connectivity index is 1.76. The predicted octanol–water partition coefficient (Wildman–Crippen LogP) is 3.28. The van der Waals surface area contributed by atoms with E-state index in [1.165, 1.54) is 37.0 Å². The third kappa shape index (κ3) is 3.04. The third-order valence-electron chi connectivity index (χ3n) is 4.31. The third-order valence-corrected chi connectivity index (χ3v) is 4.31. The highest BCUT2D eigenvalue weighted by atomic mass is 15.1. The lowest BCUT2D eigenvalue weighted by molar-refractivity contribution is 0.444. The molecule has 1 aromatic carbocycles. The summed E-state index contributed by atoms with van der Waals surface area (Å²) >= 11 is 0. The summed E-state index contributed by atoms with van der Waals surface area (Å²) in [5, 5.41) is 3.71. The van der Waals surface area contributed by atoms with Crippen molar-refractivity contribution in [2.75, 3.05) is 6.54 Å². The SMILES string of the molecule is CCCNC(Cc1nc2ccccc2n1C)CC1CC1. The second-order valence-corrected chi connectivity index (χ2v) is 6.11. The van der Waals surface area contributed by atoms with Crippen LogP contribution in [0.4, 0.5) is 0 Å². The Morgan fingerprint density at radius 3 is 2.85 bits per heavy atom. The van der Waals surface area contributed by atoms with Gasteiger partial charge in [0.2, 0.25) is 0 Å². The van der Waals surface area contributed by atoms with E-state index in [-0.39, 0.29) is 0 Å². The van der Waals surface area contributed by atoms with Crippen LogP contribution in [0, 0.1) is 5.92 Å². The first-order valence-electron chi connectivity index (χ1n) is 7.91. The number of aromatic nitrogens is 2. The highest BCUT2D eigenvalue weighted by Gasteiger charge is 2.26. The number of rotatable bonds is 7. The molecule has 0 radical (unpaired) electrons. The number of benzene rings is 1. The summed E-state index contributed by atoms with van der Waals surface area (Å²) in [6.07, 6.45) is 6.40. The number of fused-ring (bicyclic) bond motifs is 1. The Hall–Kier alpha value is -1.35. The van der Waals surface area contributed by atoms with Gasteiger partial charge in [-0.1, -0.05) is 31.9 Å². The van der Waals surface area contributed by atoms with E-state index in [1.807, 2.05) is 0 Å². The molecule has 3 heteroatoms. The topological polar surface area (TPSA) is 29.9 Å². The van der Waals surface area contributed by atoms with Crippen molar-refractivity contribution in [3.05, 3.63) is 30.1 Å². The number of nitrogens with zero attached hydrogens (tertiary/aromatic N) is 2. The summed E-state index contributed by atoms with van der Waals surface area (Å²) in [5.41, 5.74) is 2.36. The van der Waals surface area contributed by atoms with E-state index in [4.69, 9.17) is 4.98 Å². The fourth-order valence-corrected chi connectivity index (χ4v) is 2.94. The van der Waals surface area contributed by atoms with Crippen molar-refractivity contribution in [3.63, 3.8) is 0 Å². The zero-order valence-electron chi connectivity index (χ0n) is 12.6. The van der Waals surface area contributed by atoms with Crippen molar-refractivity contribution in [3.8, 4) is 0 Å². The molecular formula is C17H25N3. The van der Waals surface area contributed by atoms with Crippen LogP contribution < -0.4 is 5.32 Å². The maximum Gasteiger partial charge on any atom is 0.111 e. The standard InChI is InChI=1S/C17H25N3/c1-3-10-18-14(11-13-8-9-13)12-17-19-15-6-4-5-7-16(15)20(17)2/h4-7,13-14,18H,3,8-12H2,1-2H3. The molecule has 2 aromatic rings. The molecule has 0 amide bonds. The summed E-state index contributed by atoms with van der Waals surface area (Å²) in [6.45, 7) is 3.34. The normalized spacial score (nSPS) is 16.7. The minimum Gasteiger partial charge on any atom is -0.331 e. The van der Waals surface area contributed by atoms with Crippen molar-refractivity contribution >= 4 is 11.0 Å². The fraction of sp³-hybridized carbons (Fsp3) is 0.588. The van der Waals surface area contributed by atoms with Crippen LogP contribution in [-0.4, -0.2) is 22.1 Å². The molecule has 0 spiro atoms. The molecule has 0 saturated heterocycles. The van der Waals surface area contributed by atoms with Gasteiger partial charge in [0, 0.05) is 19.5 Å². The minimum absolute atomic E-state index is 0.581. The minimum atomic E-state index is 0.581. The molecule has 1 aliphatic carbocycles. The molecule has 108 valence electrons. The van der Waals surface area contributed by atoms with Gasteiger partial charge in [0.25, 0.3) is 0 Å². The molecule has 1 fully saturated rings. The van der Waals surface area contributed by atoms with Gasteiger partial charge in [0.15, 0.2) is 0 Å². The van der Waals surface area contributed by atoms with Gasteiger partial charge in [-0.3, -0.25) is 0 Å². The van der Waals surface area contributed by atoms with Crippen LogP contribution in [0.1, 0.15) is 38.4 Å². The second-order valence-electron chi connectivity index (χ2n) is 6.11. The zero-order valence-corrected chi connectivity index (χ0v) is 12.6.